The van der Waals surface area contributed by atoms with E-state index in [4.69, 9.17) is 23.2 Å². The summed E-state index contributed by atoms with van der Waals surface area (Å²) in [5.41, 5.74) is 1.52. The Labute approximate surface area is 136 Å². The maximum absolute atomic E-state index is 12.4. The zero-order valence-electron chi connectivity index (χ0n) is 10.7. The maximum atomic E-state index is 12.4. The number of hydrogen-bond donors (Lipinski definition) is 0. The first-order chi connectivity index (χ1) is 9.47. The quantitative estimate of drug-likeness (QED) is 0.739. The fourth-order valence-electron chi connectivity index (χ4n) is 1.85. The second-order valence-electron chi connectivity index (χ2n) is 4.41. The van der Waals surface area contributed by atoms with Crippen LogP contribution in [0.15, 0.2) is 46.9 Å². The lowest BCUT2D eigenvalue weighted by Gasteiger charge is -2.18. The molecule has 0 bridgehead atoms. The van der Waals surface area contributed by atoms with E-state index < -0.39 is 0 Å². The van der Waals surface area contributed by atoms with E-state index in [1.165, 1.54) is 0 Å². The van der Waals surface area contributed by atoms with Crippen molar-refractivity contribution in [1.82, 2.24) is 4.90 Å². The predicted molar refractivity (Wildman–Crippen MR) is 86.4 cm³/mol. The number of halogens is 3. The fourth-order valence-corrected chi connectivity index (χ4v) is 2.79. The lowest BCUT2D eigenvalue weighted by atomic mass is 10.1. The van der Waals surface area contributed by atoms with Crippen molar-refractivity contribution in [1.29, 1.82) is 0 Å². The molecule has 20 heavy (non-hydrogen) atoms. The number of carbonyl (C=O) groups excluding carboxylic acids is 1. The van der Waals surface area contributed by atoms with Gasteiger partial charge in [-0.15, -0.1) is 0 Å². The number of amides is 1. The molecule has 0 aliphatic rings. The first kappa shape index (κ1) is 15.4. The molecular formula is C15H12BrCl2NO. The first-order valence-electron chi connectivity index (χ1n) is 5.92. The Bertz CT molecular complexity index is 625. The van der Waals surface area contributed by atoms with Gasteiger partial charge in [-0.1, -0.05) is 57.3 Å². The molecule has 0 saturated carbocycles. The van der Waals surface area contributed by atoms with Gasteiger partial charge in [0.2, 0.25) is 0 Å². The van der Waals surface area contributed by atoms with Gasteiger partial charge in [-0.25, -0.2) is 0 Å². The van der Waals surface area contributed by atoms with E-state index in [-0.39, 0.29) is 5.91 Å². The van der Waals surface area contributed by atoms with Crippen LogP contribution in [0.5, 0.6) is 0 Å². The van der Waals surface area contributed by atoms with Crippen molar-refractivity contribution in [2.45, 2.75) is 6.54 Å². The highest BCUT2D eigenvalue weighted by Crippen LogP contribution is 2.22. The second-order valence-corrected chi connectivity index (χ2v) is 6.14. The maximum Gasteiger partial charge on any atom is 0.253 e. The van der Waals surface area contributed by atoms with Gasteiger partial charge in [-0.3, -0.25) is 4.79 Å². The summed E-state index contributed by atoms with van der Waals surface area (Å²) in [5.74, 6) is -0.120. The van der Waals surface area contributed by atoms with E-state index in [0.29, 0.717) is 22.2 Å². The third-order valence-electron chi connectivity index (χ3n) is 2.82. The van der Waals surface area contributed by atoms with Gasteiger partial charge < -0.3 is 4.90 Å². The molecule has 0 saturated heterocycles. The molecule has 0 aromatic heterocycles. The van der Waals surface area contributed by atoms with Crippen LogP contribution in [0.4, 0.5) is 0 Å². The molecule has 0 aliphatic heterocycles. The van der Waals surface area contributed by atoms with Gasteiger partial charge in [0.05, 0.1) is 0 Å². The lowest BCUT2D eigenvalue weighted by Crippen LogP contribution is -2.26. The molecular weight excluding hydrogens is 361 g/mol. The monoisotopic (exact) mass is 371 g/mol. The van der Waals surface area contributed by atoms with Gasteiger partial charge in [0.25, 0.3) is 5.91 Å². The predicted octanol–water partition coefficient (Wildman–Crippen LogP) is 5.03. The molecule has 0 atom stereocenters. The van der Waals surface area contributed by atoms with Gasteiger partial charge in [-0.05, 0) is 29.8 Å². The largest absolute Gasteiger partial charge is 0.337 e. The van der Waals surface area contributed by atoms with Crippen LogP contribution in [-0.2, 0) is 6.54 Å². The van der Waals surface area contributed by atoms with E-state index in [0.717, 1.165) is 10.0 Å². The number of carbonyl (C=O) groups is 1. The van der Waals surface area contributed by atoms with Crippen molar-refractivity contribution in [3.8, 4) is 0 Å². The van der Waals surface area contributed by atoms with Gasteiger partial charge in [0.1, 0.15) is 0 Å². The molecule has 104 valence electrons. The molecule has 0 radical (unpaired) electrons. The second kappa shape index (κ2) is 6.61. The summed E-state index contributed by atoms with van der Waals surface area (Å²) >= 11 is 15.3. The zero-order chi connectivity index (χ0) is 14.7. The van der Waals surface area contributed by atoms with Gasteiger partial charge >= 0.3 is 0 Å². The molecule has 0 spiro atoms. The molecule has 0 heterocycles. The summed E-state index contributed by atoms with van der Waals surface area (Å²) in [4.78, 5) is 14.0. The molecule has 5 heteroatoms. The summed E-state index contributed by atoms with van der Waals surface area (Å²) in [6.45, 7) is 0.504. The Balaban J connectivity index is 2.18. The summed E-state index contributed by atoms with van der Waals surface area (Å²) in [5, 5.41) is 0.908. The summed E-state index contributed by atoms with van der Waals surface area (Å²) in [7, 11) is 1.75. The van der Waals surface area contributed by atoms with Crippen molar-refractivity contribution in [2.75, 3.05) is 7.05 Å². The Morgan fingerprint density at radius 3 is 2.35 bits per heavy atom. The van der Waals surface area contributed by atoms with Crippen LogP contribution in [0, 0.1) is 0 Å². The minimum Gasteiger partial charge on any atom is -0.337 e. The van der Waals surface area contributed by atoms with E-state index in [1.54, 1.807) is 30.1 Å². The molecule has 1 amide bonds. The summed E-state index contributed by atoms with van der Waals surface area (Å²) in [6, 6.07) is 12.6. The van der Waals surface area contributed by atoms with Gasteiger partial charge in [0.15, 0.2) is 0 Å². The highest BCUT2D eigenvalue weighted by molar-refractivity contribution is 9.10. The number of nitrogens with zero attached hydrogens (tertiary/aromatic N) is 1. The molecule has 2 nitrogen and oxygen atoms in total. The minimum atomic E-state index is -0.120. The molecule has 0 fully saturated rings. The number of rotatable bonds is 3. The van der Waals surface area contributed by atoms with Crippen molar-refractivity contribution < 1.29 is 4.79 Å². The molecule has 2 aromatic rings. The molecule has 0 aliphatic carbocycles. The smallest absolute Gasteiger partial charge is 0.253 e. The fraction of sp³-hybridized carbons (Fsp3) is 0.133. The van der Waals surface area contributed by atoms with Crippen LogP contribution < -0.4 is 0 Å². The van der Waals surface area contributed by atoms with Crippen LogP contribution in [0.25, 0.3) is 0 Å². The average molecular weight is 373 g/mol. The van der Waals surface area contributed by atoms with E-state index in [2.05, 4.69) is 15.9 Å². The average Bonchev–Trinajstić information content (AvgIpc) is 2.39. The molecule has 2 aromatic carbocycles. The standard InChI is InChI=1S/C15H12BrCl2NO/c1-19(9-10-4-2-3-5-14(10)16)15(20)11-6-12(17)8-13(18)7-11/h2-8H,9H2,1H3. The Hall–Kier alpha value is -1.03. The zero-order valence-corrected chi connectivity index (χ0v) is 13.8. The van der Waals surface area contributed by atoms with Gasteiger partial charge in [-0.2, -0.15) is 0 Å². The number of hydrogen-bond acceptors (Lipinski definition) is 1. The topological polar surface area (TPSA) is 20.3 Å². The molecule has 0 unspecified atom stereocenters. The lowest BCUT2D eigenvalue weighted by molar-refractivity contribution is 0.0785. The Kier molecular flexibility index (Phi) is 5.08. The third-order valence-corrected chi connectivity index (χ3v) is 4.03. The first-order valence-corrected chi connectivity index (χ1v) is 7.47. The Morgan fingerprint density at radius 2 is 1.75 bits per heavy atom. The van der Waals surface area contributed by atoms with Crippen LogP contribution in [0.2, 0.25) is 10.0 Å². The highest BCUT2D eigenvalue weighted by Gasteiger charge is 2.14. The van der Waals surface area contributed by atoms with E-state index in [1.807, 2.05) is 24.3 Å². The van der Waals surface area contributed by atoms with Crippen molar-refractivity contribution in [2.24, 2.45) is 0 Å². The van der Waals surface area contributed by atoms with Crippen molar-refractivity contribution in [3.05, 3.63) is 68.1 Å². The summed E-state index contributed by atoms with van der Waals surface area (Å²) in [6.07, 6.45) is 0. The SMILES string of the molecule is CN(Cc1ccccc1Br)C(=O)c1cc(Cl)cc(Cl)c1. The third kappa shape index (κ3) is 3.75. The Morgan fingerprint density at radius 1 is 1.15 bits per heavy atom. The highest BCUT2D eigenvalue weighted by atomic mass is 79.9. The molecule has 0 N–H and O–H groups in total. The summed E-state index contributed by atoms with van der Waals surface area (Å²) < 4.78 is 0.976. The van der Waals surface area contributed by atoms with E-state index in [9.17, 15) is 4.79 Å². The molecule has 2 rings (SSSR count). The van der Waals surface area contributed by atoms with Crippen LogP contribution in [0.1, 0.15) is 15.9 Å². The van der Waals surface area contributed by atoms with E-state index >= 15 is 0 Å². The van der Waals surface area contributed by atoms with Crippen LogP contribution in [-0.4, -0.2) is 17.9 Å². The van der Waals surface area contributed by atoms with Gasteiger partial charge in [0, 0.05) is 33.7 Å². The minimum absolute atomic E-state index is 0.120. The van der Waals surface area contributed by atoms with Crippen molar-refractivity contribution >= 4 is 45.0 Å². The van der Waals surface area contributed by atoms with Crippen molar-refractivity contribution in [3.63, 3.8) is 0 Å². The van der Waals surface area contributed by atoms with Crippen LogP contribution >= 0.6 is 39.1 Å². The normalized spacial score (nSPS) is 10.4. The van der Waals surface area contributed by atoms with Crippen LogP contribution in [0.3, 0.4) is 0 Å². The number of benzene rings is 2.